The lowest BCUT2D eigenvalue weighted by Gasteiger charge is -2.07. The van der Waals surface area contributed by atoms with Gasteiger partial charge in [0.15, 0.2) is 5.76 Å². The molecular formula is C21H15NO5S. The van der Waals surface area contributed by atoms with Gasteiger partial charge in [0.1, 0.15) is 18.1 Å². The molecule has 0 radical (unpaired) electrons. The van der Waals surface area contributed by atoms with Crippen molar-refractivity contribution >= 4 is 28.9 Å². The number of ketones is 1. The predicted octanol–water partition coefficient (Wildman–Crippen LogP) is 5.16. The maximum Gasteiger partial charge on any atom is 0.269 e. The van der Waals surface area contributed by atoms with Crippen LogP contribution in [-0.2, 0) is 6.61 Å². The van der Waals surface area contributed by atoms with Gasteiger partial charge in [-0.25, -0.2) is 0 Å². The molecule has 0 aliphatic carbocycles. The van der Waals surface area contributed by atoms with Crippen LogP contribution in [0.5, 0.6) is 11.5 Å². The molecule has 2 heterocycles. The Morgan fingerprint density at radius 1 is 1.18 bits per heavy atom. The van der Waals surface area contributed by atoms with Crippen LogP contribution in [0.15, 0.2) is 59.7 Å². The lowest BCUT2D eigenvalue weighted by Crippen LogP contribution is -1.97. The SMILES string of the molecule is Cc1ccsc1/C=C1\Oc2cc(OCc3ccc([N+](=O)[O-])cc3)ccc2C1=O. The molecule has 6 nitrogen and oxygen atoms in total. The Labute approximate surface area is 164 Å². The topological polar surface area (TPSA) is 78.7 Å². The van der Waals surface area contributed by atoms with E-state index in [1.165, 1.54) is 12.1 Å². The second-order valence-electron chi connectivity index (χ2n) is 6.28. The molecule has 1 aliphatic heterocycles. The monoisotopic (exact) mass is 393 g/mol. The van der Waals surface area contributed by atoms with Crippen LogP contribution in [0, 0.1) is 17.0 Å². The van der Waals surface area contributed by atoms with E-state index in [0.717, 1.165) is 16.0 Å². The van der Waals surface area contributed by atoms with Crippen molar-refractivity contribution in [2.24, 2.45) is 0 Å². The molecule has 0 amide bonds. The molecule has 0 atom stereocenters. The van der Waals surface area contributed by atoms with Crippen molar-refractivity contribution in [2.45, 2.75) is 13.5 Å². The first-order valence-corrected chi connectivity index (χ1v) is 9.38. The quantitative estimate of drug-likeness (QED) is 0.340. The number of fused-ring (bicyclic) bond motifs is 1. The van der Waals surface area contributed by atoms with Crippen molar-refractivity contribution < 1.29 is 19.2 Å². The summed E-state index contributed by atoms with van der Waals surface area (Å²) in [6.45, 7) is 2.24. The van der Waals surface area contributed by atoms with Crippen molar-refractivity contribution in [1.82, 2.24) is 0 Å². The summed E-state index contributed by atoms with van der Waals surface area (Å²) >= 11 is 1.55. The number of non-ortho nitro benzene ring substituents is 1. The van der Waals surface area contributed by atoms with Gasteiger partial charge in [-0.05, 0) is 53.8 Å². The number of benzene rings is 2. The second-order valence-corrected chi connectivity index (χ2v) is 7.23. The second kappa shape index (κ2) is 7.28. The van der Waals surface area contributed by atoms with E-state index < -0.39 is 4.92 Å². The Balaban J connectivity index is 1.48. The minimum atomic E-state index is -0.442. The number of Topliss-reactive ketones (excluding diaryl/α,β-unsaturated/α-hetero) is 1. The van der Waals surface area contributed by atoms with Gasteiger partial charge in [-0.2, -0.15) is 0 Å². The minimum absolute atomic E-state index is 0.0356. The van der Waals surface area contributed by atoms with Gasteiger partial charge in [-0.3, -0.25) is 14.9 Å². The molecule has 0 spiro atoms. The van der Waals surface area contributed by atoms with Crippen molar-refractivity contribution in [1.29, 1.82) is 0 Å². The minimum Gasteiger partial charge on any atom is -0.489 e. The first kappa shape index (κ1) is 17.9. The zero-order valence-electron chi connectivity index (χ0n) is 14.9. The van der Waals surface area contributed by atoms with Gasteiger partial charge in [0.2, 0.25) is 5.78 Å². The predicted molar refractivity (Wildman–Crippen MR) is 106 cm³/mol. The average molecular weight is 393 g/mol. The number of allylic oxidation sites excluding steroid dienone is 1. The molecule has 1 aliphatic rings. The summed E-state index contributed by atoms with van der Waals surface area (Å²) < 4.78 is 11.5. The number of thiophene rings is 1. The Bertz CT molecular complexity index is 1100. The third-order valence-electron chi connectivity index (χ3n) is 4.36. The number of hydrogen-bond acceptors (Lipinski definition) is 6. The summed E-state index contributed by atoms with van der Waals surface area (Å²) in [6.07, 6.45) is 1.76. The zero-order chi connectivity index (χ0) is 19.7. The molecule has 0 N–H and O–H groups in total. The molecular weight excluding hydrogens is 378 g/mol. The van der Waals surface area contributed by atoms with Gasteiger partial charge >= 0.3 is 0 Å². The molecule has 0 saturated heterocycles. The lowest BCUT2D eigenvalue weighted by atomic mass is 10.1. The summed E-state index contributed by atoms with van der Waals surface area (Å²) in [4.78, 5) is 23.8. The molecule has 7 heteroatoms. The van der Waals surface area contributed by atoms with Crippen LogP contribution in [0.2, 0.25) is 0 Å². The average Bonchev–Trinajstić information content (AvgIpc) is 3.23. The first-order valence-electron chi connectivity index (χ1n) is 8.50. The number of carbonyl (C=O) groups excluding carboxylic acids is 1. The number of nitrogens with zero attached hydrogens (tertiary/aromatic N) is 1. The molecule has 0 fully saturated rings. The first-order chi connectivity index (χ1) is 13.5. The van der Waals surface area contributed by atoms with Crippen LogP contribution in [0.4, 0.5) is 5.69 Å². The molecule has 0 unspecified atom stereocenters. The number of rotatable bonds is 5. The van der Waals surface area contributed by atoms with Gasteiger partial charge in [-0.15, -0.1) is 11.3 Å². The van der Waals surface area contributed by atoms with Crippen LogP contribution in [0.3, 0.4) is 0 Å². The molecule has 4 rings (SSSR count). The lowest BCUT2D eigenvalue weighted by molar-refractivity contribution is -0.384. The Hall–Kier alpha value is -3.45. The van der Waals surface area contributed by atoms with Gasteiger partial charge in [-0.1, -0.05) is 0 Å². The van der Waals surface area contributed by atoms with Crippen molar-refractivity contribution in [3.63, 3.8) is 0 Å². The highest BCUT2D eigenvalue weighted by Gasteiger charge is 2.28. The van der Waals surface area contributed by atoms with Crippen LogP contribution in [0.25, 0.3) is 6.08 Å². The fraction of sp³-hybridized carbons (Fsp3) is 0.0952. The van der Waals surface area contributed by atoms with Crippen LogP contribution in [0.1, 0.15) is 26.4 Å². The summed E-state index contributed by atoms with van der Waals surface area (Å²) in [7, 11) is 0. The van der Waals surface area contributed by atoms with Crippen molar-refractivity contribution in [3.05, 3.63) is 91.4 Å². The molecule has 140 valence electrons. The van der Waals surface area contributed by atoms with E-state index in [4.69, 9.17) is 9.47 Å². The molecule has 2 aromatic carbocycles. The van der Waals surface area contributed by atoms with E-state index in [0.29, 0.717) is 22.8 Å². The molecule has 3 aromatic rings. The fourth-order valence-corrected chi connectivity index (χ4v) is 3.64. The number of ether oxygens (including phenoxy) is 2. The number of nitro groups is 1. The van der Waals surface area contributed by atoms with Gasteiger partial charge in [0.05, 0.1) is 10.5 Å². The number of aryl methyl sites for hydroxylation is 1. The highest BCUT2D eigenvalue weighted by Crippen LogP contribution is 2.35. The Kier molecular flexibility index (Phi) is 4.67. The van der Waals surface area contributed by atoms with E-state index in [1.807, 2.05) is 18.4 Å². The number of hydrogen-bond donors (Lipinski definition) is 0. The molecule has 1 aromatic heterocycles. The highest BCUT2D eigenvalue weighted by molar-refractivity contribution is 7.11. The van der Waals surface area contributed by atoms with E-state index in [1.54, 1.807) is 47.7 Å². The number of nitro benzene ring substituents is 1. The standard InChI is InChI=1S/C21H15NO5S/c1-13-8-9-28-20(13)11-19-21(23)17-7-6-16(10-18(17)27-19)26-12-14-2-4-15(5-3-14)22(24)25/h2-11H,12H2,1H3/b19-11-. The highest BCUT2D eigenvalue weighted by atomic mass is 32.1. The maximum atomic E-state index is 12.5. The number of carbonyl (C=O) groups is 1. The molecule has 28 heavy (non-hydrogen) atoms. The van der Waals surface area contributed by atoms with Crippen molar-refractivity contribution in [3.8, 4) is 11.5 Å². The van der Waals surface area contributed by atoms with E-state index >= 15 is 0 Å². The fourth-order valence-electron chi connectivity index (χ4n) is 2.79. The Morgan fingerprint density at radius 3 is 2.64 bits per heavy atom. The van der Waals surface area contributed by atoms with Gasteiger partial charge in [0.25, 0.3) is 5.69 Å². The normalized spacial score (nSPS) is 14.0. The molecule has 0 saturated carbocycles. The Morgan fingerprint density at radius 2 is 1.96 bits per heavy atom. The van der Waals surface area contributed by atoms with Gasteiger partial charge < -0.3 is 9.47 Å². The van der Waals surface area contributed by atoms with E-state index in [-0.39, 0.29) is 18.1 Å². The van der Waals surface area contributed by atoms with E-state index in [9.17, 15) is 14.9 Å². The summed E-state index contributed by atoms with van der Waals surface area (Å²) in [5.41, 5.74) is 2.44. The third-order valence-corrected chi connectivity index (χ3v) is 5.32. The largest absolute Gasteiger partial charge is 0.489 e. The van der Waals surface area contributed by atoms with E-state index in [2.05, 4.69) is 0 Å². The summed E-state index contributed by atoms with van der Waals surface area (Å²) in [5, 5.41) is 12.7. The maximum absolute atomic E-state index is 12.5. The zero-order valence-corrected chi connectivity index (χ0v) is 15.7. The summed E-state index contributed by atoms with van der Waals surface area (Å²) in [5.74, 6) is 1.17. The van der Waals surface area contributed by atoms with Crippen LogP contribution < -0.4 is 9.47 Å². The van der Waals surface area contributed by atoms with Gasteiger partial charge in [0, 0.05) is 29.2 Å². The smallest absolute Gasteiger partial charge is 0.269 e. The third kappa shape index (κ3) is 3.52. The van der Waals surface area contributed by atoms with Crippen molar-refractivity contribution in [2.75, 3.05) is 0 Å². The van der Waals surface area contributed by atoms with Crippen LogP contribution in [-0.4, -0.2) is 10.7 Å². The summed E-state index contributed by atoms with van der Waals surface area (Å²) in [6, 6.07) is 13.2. The van der Waals surface area contributed by atoms with Crippen LogP contribution >= 0.6 is 11.3 Å². The molecule has 0 bridgehead atoms.